The number of carbonyl (C=O) groups is 1. The Balaban J connectivity index is 1.83. The minimum Gasteiger partial charge on any atom is -0.349 e. The van der Waals surface area contributed by atoms with Crippen LogP contribution in [0.15, 0.2) is 59.9 Å². The molecule has 1 atom stereocenters. The summed E-state index contributed by atoms with van der Waals surface area (Å²) in [5.74, 6) is -0.226. The molecule has 1 heterocycles. The summed E-state index contributed by atoms with van der Waals surface area (Å²) in [6, 6.07) is 12.4. The Bertz CT molecular complexity index is 1170. The third-order valence-electron chi connectivity index (χ3n) is 4.42. The summed E-state index contributed by atoms with van der Waals surface area (Å²) in [6.45, 7) is 5.88. The Labute approximate surface area is 172 Å². The molecule has 0 saturated heterocycles. The third kappa shape index (κ3) is 4.24. The van der Waals surface area contributed by atoms with E-state index in [1.54, 1.807) is 24.3 Å². The standard InChI is InChI=1S/C21H20ClN3O2S/c1-3-10-25-20(27)16-9-8-15(12-18(16)24-21(25)28)19(26)23-13(2)11-14-6-4-5-7-17(14)22/h3-9,12-13H,1,10-11H2,2H3,(H,23,26)(H,24,28). The molecule has 2 aromatic carbocycles. The molecule has 0 bridgehead atoms. The smallest absolute Gasteiger partial charge is 0.262 e. The van der Waals surface area contributed by atoms with Gasteiger partial charge in [0, 0.05) is 23.2 Å². The van der Waals surface area contributed by atoms with Gasteiger partial charge in [-0.05, 0) is 55.4 Å². The lowest BCUT2D eigenvalue weighted by Crippen LogP contribution is -2.34. The molecule has 1 amide bonds. The van der Waals surface area contributed by atoms with Gasteiger partial charge in [0.1, 0.15) is 0 Å². The van der Waals surface area contributed by atoms with Gasteiger partial charge in [0.15, 0.2) is 4.77 Å². The van der Waals surface area contributed by atoms with E-state index < -0.39 is 0 Å². The van der Waals surface area contributed by atoms with Crippen molar-refractivity contribution in [1.29, 1.82) is 0 Å². The summed E-state index contributed by atoms with van der Waals surface area (Å²) in [6.07, 6.45) is 2.23. The van der Waals surface area contributed by atoms with E-state index >= 15 is 0 Å². The lowest BCUT2D eigenvalue weighted by Gasteiger charge is -2.15. The summed E-state index contributed by atoms with van der Waals surface area (Å²) >= 11 is 11.4. The highest BCUT2D eigenvalue weighted by molar-refractivity contribution is 7.71. The van der Waals surface area contributed by atoms with Crippen molar-refractivity contribution >= 4 is 40.6 Å². The van der Waals surface area contributed by atoms with Crippen LogP contribution in [0, 0.1) is 4.77 Å². The van der Waals surface area contributed by atoms with Gasteiger partial charge < -0.3 is 10.3 Å². The summed E-state index contributed by atoms with van der Waals surface area (Å²) in [5.41, 5.74) is 1.74. The summed E-state index contributed by atoms with van der Waals surface area (Å²) in [7, 11) is 0. The quantitative estimate of drug-likeness (QED) is 0.468. The summed E-state index contributed by atoms with van der Waals surface area (Å²) < 4.78 is 1.72. The average molecular weight is 414 g/mol. The highest BCUT2D eigenvalue weighted by Gasteiger charge is 2.13. The fourth-order valence-electron chi connectivity index (χ4n) is 3.04. The molecular formula is C21H20ClN3O2S. The van der Waals surface area contributed by atoms with Crippen molar-refractivity contribution in [2.45, 2.75) is 25.9 Å². The van der Waals surface area contributed by atoms with Crippen molar-refractivity contribution in [3.8, 4) is 0 Å². The van der Waals surface area contributed by atoms with Gasteiger partial charge in [-0.25, -0.2) is 0 Å². The van der Waals surface area contributed by atoms with Crippen molar-refractivity contribution in [2.24, 2.45) is 0 Å². The van der Waals surface area contributed by atoms with Crippen LogP contribution in [0.4, 0.5) is 0 Å². The molecule has 3 aromatic rings. The van der Waals surface area contributed by atoms with Crippen LogP contribution in [-0.2, 0) is 13.0 Å². The number of allylic oxidation sites excluding steroid dienone is 1. The van der Waals surface area contributed by atoms with Crippen molar-refractivity contribution < 1.29 is 4.79 Å². The highest BCUT2D eigenvalue weighted by atomic mass is 35.5. The van der Waals surface area contributed by atoms with Gasteiger partial charge in [-0.1, -0.05) is 35.9 Å². The largest absolute Gasteiger partial charge is 0.349 e. The van der Waals surface area contributed by atoms with Crippen molar-refractivity contribution in [3.05, 3.63) is 86.4 Å². The predicted octanol–water partition coefficient (Wildman–Crippen LogP) is 4.26. The van der Waals surface area contributed by atoms with E-state index in [1.165, 1.54) is 4.57 Å². The fraction of sp³-hybridized carbons (Fsp3) is 0.190. The molecule has 0 aliphatic rings. The molecule has 0 radical (unpaired) electrons. The monoisotopic (exact) mass is 413 g/mol. The molecule has 3 rings (SSSR count). The fourth-order valence-corrected chi connectivity index (χ4v) is 3.52. The number of hydrogen-bond acceptors (Lipinski definition) is 3. The summed E-state index contributed by atoms with van der Waals surface area (Å²) in [5, 5.41) is 4.11. The first-order valence-electron chi connectivity index (χ1n) is 8.82. The van der Waals surface area contributed by atoms with Crippen LogP contribution >= 0.6 is 23.8 Å². The number of carbonyl (C=O) groups excluding carboxylic acids is 1. The first kappa shape index (κ1) is 20.0. The maximum atomic E-state index is 12.6. The van der Waals surface area contributed by atoms with Gasteiger partial charge in [-0.3, -0.25) is 14.2 Å². The first-order chi connectivity index (χ1) is 13.4. The molecule has 1 aromatic heterocycles. The minimum absolute atomic E-state index is 0.109. The van der Waals surface area contributed by atoms with Crippen molar-refractivity contribution in [2.75, 3.05) is 0 Å². The van der Waals surface area contributed by atoms with Crippen LogP contribution in [0.5, 0.6) is 0 Å². The topological polar surface area (TPSA) is 66.9 Å². The number of aromatic nitrogens is 2. The van der Waals surface area contributed by atoms with E-state index in [4.69, 9.17) is 23.8 Å². The minimum atomic E-state index is -0.226. The number of fused-ring (bicyclic) bond motifs is 1. The molecule has 0 aliphatic carbocycles. The number of benzene rings is 2. The Morgan fingerprint density at radius 1 is 1.36 bits per heavy atom. The normalized spacial score (nSPS) is 11.9. The number of nitrogens with one attached hydrogen (secondary N) is 2. The Morgan fingerprint density at radius 2 is 2.11 bits per heavy atom. The number of hydrogen-bond donors (Lipinski definition) is 2. The second-order valence-corrected chi connectivity index (χ2v) is 7.36. The van der Waals surface area contributed by atoms with E-state index in [0.29, 0.717) is 39.2 Å². The second-order valence-electron chi connectivity index (χ2n) is 6.56. The van der Waals surface area contributed by atoms with E-state index in [1.807, 2.05) is 31.2 Å². The van der Waals surface area contributed by atoms with E-state index in [2.05, 4.69) is 16.9 Å². The SMILES string of the molecule is C=CCn1c(=S)[nH]c2cc(C(=O)NC(C)Cc3ccccc3Cl)ccc2c1=O. The van der Waals surface area contributed by atoms with Gasteiger partial charge in [-0.15, -0.1) is 6.58 Å². The molecule has 0 fully saturated rings. The zero-order valence-electron chi connectivity index (χ0n) is 15.4. The van der Waals surface area contributed by atoms with Gasteiger partial charge in [0.25, 0.3) is 11.5 Å². The van der Waals surface area contributed by atoms with E-state index in [0.717, 1.165) is 5.56 Å². The van der Waals surface area contributed by atoms with Crippen LogP contribution in [0.25, 0.3) is 10.9 Å². The molecule has 1 unspecified atom stereocenters. The molecule has 2 N–H and O–H groups in total. The van der Waals surface area contributed by atoms with Crippen LogP contribution in [-0.4, -0.2) is 21.5 Å². The van der Waals surface area contributed by atoms with E-state index in [-0.39, 0.29) is 17.5 Å². The molecule has 28 heavy (non-hydrogen) atoms. The van der Waals surface area contributed by atoms with Gasteiger partial charge >= 0.3 is 0 Å². The van der Waals surface area contributed by atoms with Crippen molar-refractivity contribution in [3.63, 3.8) is 0 Å². The molecule has 144 valence electrons. The Morgan fingerprint density at radius 3 is 2.82 bits per heavy atom. The molecule has 7 heteroatoms. The second kappa shape index (κ2) is 8.54. The third-order valence-corrected chi connectivity index (χ3v) is 5.11. The van der Waals surface area contributed by atoms with Gasteiger partial charge in [0.2, 0.25) is 0 Å². The van der Waals surface area contributed by atoms with Crippen LogP contribution in [0.1, 0.15) is 22.8 Å². The molecular weight excluding hydrogens is 394 g/mol. The van der Waals surface area contributed by atoms with Crippen LogP contribution in [0.3, 0.4) is 0 Å². The lowest BCUT2D eigenvalue weighted by molar-refractivity contribution is 0.0940. The molecule has 0 saturated carbocycles. The van der Waals surface area contributed by atoms with E-state index in [9.17, 15) is 9.59 Å². The van der Waals surface area contributed by atoms with Crippen LogP contribution < -0.4 is 10.9 Å². The zero-order chi connectivity index (χ0) is 20.3. The Hall–Kier alpha value is -2.70. The van der Waals surface area contributed by atoms with Crippen molar-refractivity contribution in [1.82, 2.24) is 14.9 Å². The lowest BCUT2D eigenvalue weighted by atomic mass is 10.1. The average Bonchev–Trinajstić information content (AvgIpc) is 2.66. The van der Waals surface area contributed by atoms with Gasteiger partial charge in [-0.2, -0.15) is 0 Å². The maximum absolute atomic E-state index is 12.6. The number of rotatable bonds is 6. The molecule has 0 spiro atoms. The highest BCUT2D eigenvalue weighted by Crippen LogP contribution is 2.17. The maximum Gasteiger partial charge on any atom is 0.262 e. The Kier molecular flexibility index (Phi) is 6.11. The van der Waals surface area contributed by atoms with Gasteiger partial charge in [0.05, 0.1) is 10.9 Å². The van der Waals surface area contributed by atoms with Crippen LogP contribution in [0.2, 0.25) is 5.02 Å². The number of H-pyrrole nitrogens is 1. The first-order valence-corrected chi connectivity index (χ1v) is 9.61. The number of aromatic amines is 1. The summed E-state index contributed by atoms with van der Waals surface area (Å²) in [4.78, 5) is 28.2. The molecule has 5 nitrogen and oxygen atoms in total. The number of amides is 1. The number of halogens is 1. The predicted molar refractivity (Wildman–Crippen MR) is 116 cm³/mol. The number of nitrogens with zero attached hydrogens (tertiary/aromatic N) is 1. The zero-order valence-corrected chi connectivity index (χ0v) is 16.9. The molecule has 0 aliphatic heterocycles.